The molecule has 1 amide bonds. The summed E-state index contributed by atoms with van der Waals surface area (Å²) in [5.74, 6) is -0.206. The van der Waals surface area contributed by atoms with Crippen LogP contribution in [0.4, 0.5) is 5.69 Å². The van der Waals surface area contributed by atoms with Gasteiger partial charge in [-0.2, -0.15) is 0 Å². The molecule has 11 nitrogen and oxygen atoms in total. The number of likely N-dealkylation sites (tertiary alicyclic amines) is 1. The predicted octanol–water partition coefficient (Wildman–Crippen LogP) is 0.573. The Bertz CT molecular complexity index is 1200. The van der Waals surface area contributed by atoms with Gasteiger partial charge in [-0.15, -0.1) is 0 Å². The monoisotopic (exact) mass is 503 g/mol. The van der Waals surface area contributed by atoms with E-state index in [1.807, 2.05) is 7.05 Å². The number of carbonyl (C=O) groups is 1. The number of nitrogens with zero attached hydrogens (tertiary/aromatic N) is 4. The molecule has 0 aromatic carbocycles. The van der Waals surface area contributed by atoms with Crippen LogP contribution in [-0.4, -0.2) is 72.1 Å². The van der Waals surface area contributed by atoms with E-state index in [0.717, 1.165) is 19.4 Å². The van der Waals surface area contributed by atoms with Gasteiger partial charge in [0.05, 0.1) is 18.0 Å². The van der Waals surface area contributed by atoms with Crippen LogP contribution in [0.5, 0.6) is 0 Å². The lowest BCUT2D eigenvalue weighted by atomic mass is 9.97. The van der Waals surface area contributed by atoms with Crippen molar-refractivity contribution in [1.29, 1.82) is 0 Å². The summed E-state index contributed by atoms with van der Waals surface area (Å²) in [5.41, 5.74) is -0.417. The van der Waals surface area contributed by atoms with Gasteiger partial charge in [-0.05, 0) is 45.3 Å². The first kappa shape index (κ1) is 27.6. The molecule has 1 unspecified atom stereocenters. The van der Waals surface area contributed by atoms with Gasteiger partial charge in [0.2, 0.25) is 5.91 Å². The van der Waals surface area contributed by atoms with E-state index in [-0.39, 0.29) is 30.5 Å². The minimum atomic E-state index is -0.426. The molecule has 198 valence electrons. The van der Waals surface area contributed by atoms with Crippen LogP contribution in [0.3, 0.4) is 0 Å². The smallest absolute Gasteiger partial charge is 0.330 e. The maximum absolute atomic E-state index is 13.1. The molecule has 1 saturated heterocycles. The van der Waals surface area contributed by atoms with Crippen molar-refractivity contribution < 1.29 is 14.3 Å². The van der Waals surface area contributed by atoms with Crippen LogP contribution in [0.2, 0.25) is 0 Å². The molecule has 11 heteroatoms. The highest BCUT2D eigenvalue weighted by molar-refractivity contribution is 5.92. The Morgan fingerprint density at radius 1 is 1.08 bits per heavy atom. The molecule has 1 atom stereocenters. The Morgan fingerprint density at radius 3 is 2.47 bits per heavy atom. The zero-order chi connectivity index (χ0) is 26.1. The molecule has 1 aliphatic heterocycles. The number of hydrogen-bond acceptors (Lipinski definition) is 7. The van der Waals surface area contributed by atoms with Gasteiger partial charge < -0.3 is 24.3 Å². The number of rotatable bonds is 12. The maximum atomic E-state index is 13.1. The van der Waals surface area contributed by atoms with Crippen molar-refractivity contribution >= 4 is 11.6 Å². The molecule has 3 rings (SSSR count). The molecule has 3 heterocycles. The molecular weight excluding hydrogens is 466 g/mol. The fraction of sp³-hybridized carbons (Fsp3) is 0.600. The second-order valence-electron chi connectivity index (χ2n) is 9.25. The standard InChI is InChI=1S/C25H37N5O6/c1-27-9-4-7-19(16-27)23(32)26-21-8-12-28(22(31)15-21)17-20-18-29(10-5-13-35-2)25(34)30(24(20)33)11-6-14-36-3/h8,12,15,18-19H,4-7,9-11,13-14,16-17H2,1-3H3,(H,26,32). The van der Waals surface area contributed by atoms with Crippen molar-refractivity contribution in [3.05, 3.63) is 61.3 Å². The molecule has 1 N–H and O–H groups in total. The summed E-state index contributed by atoms with van der Waals surface area (Å²) in [4.78, 5) is 53.6. The summed E-state index contributed by atoms with van der Waals surface area (Å²) in [6.45, 7) is 3.19. The number of hydrogen-bond donors (Lipinski definition) is 1. The lowest BCUT2D eigenvalue weighted by molar-refractivity contribution is -0.121. The van der Waals surface area contributed by atoms with Gasteiger partial charge in [0.15, 0.2) is 0 Å². The molecule has 0 saturated carbocycles. The molecule has 0 radical (unpaired) electrons. The molecular formula is C25H37N5O6. The summed E-state index contributed by atoms with van der Waals surface area (Å²) < 4.78 is 14.2. The van der Waals surface area contributed by atoms with Gasteiger partial charge in [-0.25, -0.2) is 4.79 Å². The van der Waals surface area contributed by atoms with E-state index in [1.54, 1.807) is 26.5 Å². The van der Waals surface area contributed by atoms with E-state index in [4.69, 9.17) is 9.47 Å². The maximum Gasteiger partial charge on any atom is 0.330 e. The molecule has 2 aromatic rings. The Labute approximate surface area is 210 Å². The van der Waals surface area contributed by atoms with E-state index in [9.17, 15) is 19.2 Å². The number of aromatic nitrogens is 3. The number of piperidine rings is 1. The van der Waals surface area contributed by atoms with Crippen molar-refractivity contribution in [1.82, 2.24) is 18.6 Å². The lowest BCUT2D eigenvalue weighted by Gasteiger charge is -2.28. The summed E-state index contributed by atoms with van der Waals surface area (Å²) in [6.07, 6.45) is 5.99. The van der Waals surface area contributed by atoms with Crippen molar-refractivity contribution in [2.75, 3.05) is 52.9 Å². The Balaban J connectivity index is 1.81. The summed E-state index contributed by atoms with van der Waals surface area (Å²) in [5, 5.41) is 2.84. The van der Waals surface area contributed by atoms with Gasteiger partial charge in [0, 0.05) is 71.2 Å². The largest absolute Gasteiger partial charge is 0.385 e. The van der Waals surface area contributed by atoms with E-state index in [2.05, 4.69) is 10.2 Å². The predicted molar refractivity (Wildman–Crippen MR) is 137 cm³/mol. The average molecular weight is 504 g/mol. The highest BCUT2D eigenvalue weighted by atomic mass is 16.5. The van der Waals surface area contributed by atoms with Crippen LogP contribution in [0.15, 0.2) is 38.9 Å². The molecule has 1 fully saturated rings. The second-order valence-corrected chi connectivity index (χ2v) is 9.25. The Morgan fingerprint density at radius 2 is 1.81 bits per heavy atom. The molecule has 0 spiro atoms. The normalized spacial score (nSPS) is 16.2. The first-order chi connectivity index (χ1) is 17.3. The first-order valence-corrected chi connectivity index (χ1v) is 12.3. The van der Waals surface area contributed by atoms with E-state index in [0.29, 0.717) is 50.4 Å². The number of amides is 1. The van der Waals surface area contributed by atoms with Gasteiger partial charge in [0.1, 0.15) is 0 Å². The highest BCUT2D eigenvalue weighted by Crippen LogP contribution is 2.17. The lowest BCUT2D eigenvalue weighted by Crippen LogP contribution is -2.42. The van der Waals surface area contributed by atoms with Crippen LogP contribution in [0.25, 0.3) is 0 Å². The third kappa shape index (κ3) is 7.25. The van der Waals surface area contributed by atoms with Gasteiger partial charge in [-0.3, -0.25) is 23.5 Å². The van der Waals surface area contributed by atoms with Gasteiger partial charge in [0.25, 0.3) is 11.1 Å². The quantitative estimate of drug-likeness (QED) is 0.421. The van der Waals surface area contributed by atoms with Crippen molar-refractivity contribution in [3.63, 3.8) is 0 Å². The molecule has 2 aromatic heterocycles. The molecule has 1 aliphatic rings. The summed E-state index contributed by atoms with van der Waals surface area (Å²) >= 11 is 0. The van der Waals surface area contributed by atoms with E-state index < -0.39 is 11.2 Å². The number of methoxy groups -OCH3 is 2. The SMILES string of the molecule is COCCCn1cc(Cn2ccc(NC(=O)C3CCCN(C)C3)cc2=O)c(=O)n(CCCOC)c1=O. The molecule has 36 heavy (non-hydrogen) atoms. The molecule has 0 bridgehead atoms. The van der Waals surface area contributed by atoms with E-state index in [1.165, 1.54) is 26.0 Å². The number of nitrogens with one attached hydrogen (secondary N) is 1. The van der Waals surface area contributed by atoms with Gasteiger partial charge >= 0.3 is 5.69 Å². The highest BCUT2D eigenvalue weighted by Gasteiger charge is 2.24. The number of carbonyl (C=O) groups excluding carboxylic acids is 1. The topological polar surface area (TPSA) is 117 Å². The minimum Gasteiger partial charge on any atom is -0.385 e. The number of pyridine rings is 1. The Hall–Kier alpha value is -3.02. The first-order valence-electron chi connectivity index (χ1n) is 12.3. The third-order valence-electron chi connectivity index (χ3n) is 6.39. The summed E-state index contributed by atoms with van der Waals surface area (Å²) in [6, 6.07) is 3.01. The van der Waals surface area contributed by atoms with Crippen molar-refractivity contribution in [2.24, 2.45) is 5.92 Å². The average Bonchev–Trinajstić information content (AvgIpc) is 2.85. The van der Waals surface area contributed by atoms with Crippen molar-refractivity contribution in [2.45, 2.75) is 45.3 Å². The second kappa shape index (κ2) is 13.3. The summed E-state index contributed by atoms with van der Waals surface area (Å²) in [7, 11) is 5.15. The fourth-order valence-electron chi connectivity index (χ4n) is 4.45. The zero-order valence-corrected chi connectivity index (χ0v) is 21.4. The van der Waals surface area contributed by atoms with Gasteiger partial charge in [-0.1, -0.05) is 0 Å². The number of aryl methyl sites for hydroxylation is 1. The minimum absolute atomic E-state index is 0.00808. The van der Waals surface area contributed by atoms with E-state index >= 15 is 0 Å². The van der Waals surface area contributed by atoms with Crippen LogP contribution >= 0.6 is 0 Å². The van der Waals surface area contributed by atoms with Crippen LogP contribution in [0, 0.1) is 5.92 Å². The Kier molecular flexibility index (Phi) is 10.2. The van der Waals surface area contributed by atoms with Crippen LogP contribution < -0.4 is 22.1 Å². The fourth-order valence-corrected chi connectivity index (χ4v) is 4.45. The number of anilines is 1. The van der Waals surface area contributed by atoms with Crippen LogP contribution in [0.1, 0.15) is 31.2 Å². The van der Waals surface area contributed by atoms with Crippen LogP contribution in [-0.2, 0) is 33.9 Å². The van der Waals surface area contributed by atoms with Crippen molar-refractivity contribution in [3.8, 4) is 0 Å². The zero-order valence-electron chi connectivity index (χ0n) is 21.4. The number of ether oxygens (including phenoxy) is 2. The molecule has 0 aliphatic carbocycles. The third-order valence-corrected chi connectivity index (χ3v) is 6.39.